The number of amides is 1. The predicted octanol–water partition coefficient (Wildman–Crippen LogP) is 1.51. The molecule has 1 aliphatic rings. The molecule has 5 heteroatoms. The van der Waals surface area contributed by atoms with E-state index in [-0.39, 0.29) is 11.9 Å². The summed E-state index contributed by atoms with van der Waals surface area (Å²) < 4.78 is 4.98. The second kappa shape index (κ2) is 4.01. The summed E-state index contributed by atoms with van der Waals surface area (Å²) in [6, 6.07) is -0.0116. The summed E-state index contributed by atoms with van der Waals surface area (Å²) in [6.07, 6.45) is 2.99. The van der Waals surface area contributed by atoms with Crippen LogP contribution in [-0.2, 0) is 9.53 Å². The highest BCUT2D eigenvalue weighted by Crippen LogP contribution is 2.13. The predicted molar refractivity (Wildman–Crippen MR) is 46.9 cm³/mol. The molecule has 0 aliphatic carbocycles. The molecule has 1 rings (SSSR count). The number of halogens is 2. The summed E-state index contributed by atoms with van der Waals surface area (Å²) in [5, 5.41) is 0. The van der Waals surface area contributed by atoms with Gasteiger partial charge in [0, 0.05) is 6.20 Å². The topological polar surface area (TPSA) is 29.5 Å². The van der Waals surface area contributed by atoms with E-state index >= 15 is 0 Å². The summed E-state index contributed by atoms with van der Waals surface area (Å²) in [7, 11) is 0. The van der Waals surface area contributed by atoms with Gasteiger partial charge in [-0.25, -0.2) is 0 Å². The average molecular weight is 210 g/mol. The van der Waals surface area contributed by atoms with Gasteiger partial charge in [0.1, 0.15) is 6.61 Å². The molecular weight excluding hydrogens is 201 g/mol. The Balaban J connectivity index is 2.66. The first-order valence-electron chi connectivity index (χ1n) is 3.51. The van der Waals surface area contributed by atoms with Gasteiger partial charge >= 0.3 is 0 Å². The minimum absolute atomic E-state index is 0.0116. The van der Waals surface area contributed by atoms with Crippen LogP contribution in [0.2, 0.25) is 0 Å². The summed E-state index contributed by atoms with van der Waals surface area (Å²) in [6.45, 7) is 2.33. The molecule has 0 aromatic heterocycles. The molecule has 0 bridgehead atoms. The van der Waals surface area contributed by atoms with Gasteiger partial charge in [-0.3, -0.25) is 4.79 Å². The Morgan fingerprint density at radius 2 is 2.42 bits per heavy atom. The van der Waals surface area contributed by atoms with Gasteiger partial charge in [-0.2, -0.15) is 0 Å². The molecular formula is C7H9Cl2NO2. The summed E-state index contributed by atoms with van der Waals surface area (Å²) in [4.78, 5) is 11.7. The van der Waals surface area contributed by atoms with Crippen molar-refractivity contribution >= 4 is 29.1 Å². The third-order valence-corrected chi connectivity index (χ3v) is 1.94. The second-order valence-corrected chi connectivity index (χ2v) is 3.61. The van der Waals surface area contributed by atoms with E-state index in [1.165, 1.54) is 17.4 Å². The van der Waals surface area contributed by atoms with Gasteiger partial charge in [0.25, 0.3) is 5.91 Å². The average Bonchev–Trinajstić information content (AvgIpc) is 2.04. The van der Waals surface area contributed by atoms with Gasteiger partial charge < -0.3 is 9.64 Å². The highest BCUT2D eigenvalue weighted by molar-refractivity contribution is 6.53. The largest absolute Gasteiger partial charge is 0.498 e. The number of rotatable bonds is 1. The lowest BCUT2D eigenvalue weighted by molar-refractivity contribution is -0.130. The van der Waals surface area contributed by atoms with Crippen molar-refractivity contribution in [3.8, 4) is 0 Å². The number of hydrogen-bond donors (Lipinski definition) is 0. The number of carbonyl (C=O) groups is 1. The molecule has 68 valence electrons. The highest BCUT2D eigenvalue weighted by atomic mass is 35.5. The molecule has 12 heavy (non-hydrogen) atoms. The van der Waals surface area contributed by atoms with Crippen molar-refractivity contribution in [3.05, 3.63) is 12.5 Å². The molecule has 0 saturated carbocycles. The van der Waals surface area contributed by atoms with Crippen LogP contribution in [0, 0.1) is 0 Å². The number of nitrogens with zero attached hydrogens (tertiary/aromatic N) is 1. The maximum absolute atomic E-state index is 11.3. The minimum atomic E-state index is -1.00. The lowest BCUT2D eigenvalue weighted by Crippen LogP contribution is -2.41. The number of carbonyl (C=O) groups excluding carboxylic acids is 1. The van der Waals surface area contributed by atoms with Crippen LogP contribution >= 0.6 is 23.2 Å². The van der Waals surface area contributed by atoms with Crippen LogP contribution in [0.3, 0.4) is 0 Å². The first kappa shape index (κ1) is 9.68. The van der Waals surface area contributed by atoms with Crippen LogP contribution in [0.4, 0.5) is 0 Å². The van der Waals surface area contributed by atoms with Crippen molar-refractivity contribution in [2.75, 3.05) is 6.61 Å². The summed E-state index contributed by atoms with van der Waals surface area (Å²) >= 11 is 10.9. The van der Waals surface area contributed by atoms with Gasteiger partial charge in [-0.1, -0.05) is 23.2 Å². The molecule has 0 aromatic carbocycles. The maximum Gasteiger partial charge on any atom is 0.260 e. The van der Waals surface area contributed by atoms with E-state index in [9.17, 15) is 4.79 Å². The SMILES string of the molecule is CC1COC=CN1C(=O)C(Cl)Cl. The molecule has 0 radical (unpaired) electrons. The fourth-order valence-corrected chi connectivity index (χ4v) is 1.16. The Kier molecular flexibility index (Phi) is 3.23. The van der Waals surface area contributed by atoms with Crippen LogP contribution < -0.4 is 0 Å². The number of ether oxygens (including phenoxy) is 1. The Bertz CT molecular complexity index is 206. The van der Waals surface area contributed by atoms with Crippen LogP contribution in [-0.4, -0.2) is 28.3 Å². The van der Waals surface area contributed by atoms with Gasteiger partial charge in [-0.05, 0) is 6.92 Å². The fourth-order valence-electron chi connectivity index (χ4n) is 0.934. The molecule has 0 spiro atoms. The first-order valence-corrected chi connectivity index (χ1v) is 4.39. The van der Waals surface area contributed by atoms with Gasteiger partial charge in [0.05, 0.1) is 12.3 Å². The third kappa shape index (κ3) is 2.05. The Morgan fingerprint density at radius 3 is 2.92 bits per heavy atom. The molecule has 0 saturated heterocycles. The van der Waals surface area contributed by atoms with Crippen LogP contribution in [0.1, 0.15) is 6.92 Å². The van der Waals surface area contributed by atoms with E-state index in [0.29, 0.717) is 6.61 Å². The first-order chi connectivity index (χ1) is 5.63. The maximum atomic E-state index is 11.3. The summed E-state index contributed by atoms with van der Waals surface area (Å²) in [5.74, 6) is -0.314. The van der Waals surface area contributed by atoms with E-state index in [0.717, 1.165) is 0 Å². The van der Waals surface area contributed by atoms with Crippen molar-refractivity contribution in [3.63, 3.8) is 0 Å². The van der Waals surface area contributed by atoms with Crippen molar-refractivity contribution in [1.29, 1.82) is 0 Å². The molecule has 0 N–H and O–H groups in total. The smallest absolute Gasteiger partial charge is 0.260 e. The fraction of sp³-hybridized carbons (Fsp3) is 0.571. The van der Waals surface area contributed by atoms with Crippen LogP contribution in [0.5, 0.6) is 0 Å². The van der Waals surface area contributed by atoms with Crippen LogP contribution in [0.15, 0.2) is 12.5 Å². The zero-order valence-electron chi connectivity index (χ0n) is 6.54. The summed E-state index contributed by atoms with van der Waals surface area (Å²) in [5.41, 5.74) is 0. The minimum Gasteiger partial charge on any atom is -0.498 e. The zero-order valence-corrected chi connectivity index (χ0v) is 8.05. The highest BCUT2D eigenvalue weighted by Gasteiger charge is 2.25. The number of alkyl halides is 2. The van der Waals surface area contributed by atoms with Crippen molar-refractivity contribution in [2.24, 2.45) is 0 Å². The Hall–Kier alpha value is -0.410. The Labute approximate surface area is 80.9 Å². The van der Waals surface area contributed by atoms with Gasteiger partial charge in [0.2, 0.25) is 0 Å². The lowest BCUT2D eigenvalue weighted by Gasteiger charge is -2.28. The monoisotopic (exact) mass is 209 g/mol. The molecule has 0 fully saturated rings. The molecule has 0 aromatic rings. The molecule has 1 aliphatic heterocycles. The van der Waals surface area contributed by atoms with E-state index in [1.54, 1.807) is 0 Å². The molecule has 1 heterocycles. The van der Waals surface area contributed by atoms with Crippen molar-refractivity contribution in [1.82, 2.24) is 4.90 Å². The lowest BCUT2D eigenvalue weighted by atomic mass is 10.3. The molecule has 1 atom stereocenters. The van der Waals surface area contributed by atoms with E-state index in [1.807, 2.05) is 6.92 Å². The van der Waals surface area contributed by atoms with E-state index < -0.39 is 4.84 Å². The third-order valence-electron chi connectivity index (χ3n) is 1.57. The molecule has 3 nitrogen and oxygen atoms in total. The van der Waals surface area contributed by atoms with Gasteiger partial charge in [-0.15, -0.1) is 0 Å². The molecule has 1 amide bonds. The standard InChI is InChI=1S/C7H9Cl2NO2/c1-5-4-12-3-2-10(5)7(11)6(8)9/h2-3,5-6H,4H2,1H3. The second-order valence-electron chi connectivity index (χ2n) is 2.51. The van der Waals surface area contributed by atoms with Crippen LogP contribution in [0.25, 0.3) is 0 Å². The molecule has 1 unspecified atom stereocenters. The van der Waals surface area contributed by atoms with Crippen molar-refractivity contribution < 1.29 is 9.53 Å². The Morgan fingerprint density at radius 1 is 1.75 bits per heavy atom. The zero-order chi connectivity index (χ0) is 9.14. The normalized spacial score (nSPS) is 22.7. The van der Waals surface area contributed by atoms with E-state index in [2.05, 4.69) is 0 Å². The van der Waals surface area contributed by atoms with Gasteiger partial charge in [0.15, 0.2) is 4.84 Å². The number of hydrogen-bond acceptors (Lipinski definition) is 2. The van der Waals surface area contributed by atoms with E-state index in [4.69, 9.17) is 27.9 Å². The quantitative estimate of drug-likeness (QED) is 0.614. The van der Waals surface area contributed by atoms with Crippen molar-refractivity contribution in [2.45, 2.75) is 17.8 Å².